The van der Waals surface area contributed by atoms with Gasteiger partial charge in [-0.25, -0.2) is 0 Å². The Morgan fingerprint density at radius 2 is 2.53 bits per heavy atom. The summed E-state index contributed by atoms with van der Waals surface area (Å²) in [7, 11) is 1.63. The first-order valence-electron chi connectivity index (χ1n) is 6.33. The van der Waals surface area contributed by atoms with E-state index in [1.54, 1.807) is 18.1 Å². The predicted molar refractivity (Wildman–Crippen MR) is 69.6 cm³/mol. The highest BCUT2D eigenvalue weighted by Crippen LogP contribution is 2.11. The number of piperazine rings is 1. The molecule has 6 heteroatoms. The number of rotatable bonds is 4. The van der Waals surface area contributed by atoms with Gasteiger partial charge < -0.3 is 19.5 Å². The number of nitriles is 1. The highest BCUT2D eigenvalue weighted by Gasteiger charge is 2.28. The third kappa shape index (κ3) is 2.95. The van der Waals surface area contributed by atoms with Crippen LogP contribution in [-0.2, 0) is 11.3 Å². The van der Waals surface area contributed by atoms with Gasteiger partial charge in [-0.2, -0.15) is 5.26 Å². The van der Waals surface area contributed by atoms with Crippen molar-refractivity contribution in [1.29, 1.82) is 5.26 Å². The van der Waals surface area contributed by atoms with Crippen LogP contribution in [0.5, 0.6) is 0 Å². The van der Waals surface area contributed by atoms with E-state index in [9.17, 15) is 4.79 Å². The molecule has 1 unspecified atom stereocenters. The molecule has 1 amide bonds. The fourth-order valence-electron chi connectivity index (χ4n) is 2.20. The summed E-state index contributed by atoms with van der Waals surface area (Å²) in [5, 5.41) is 12.2. The van der Waals surface area contributed by atoms with E-state index in [4.69, 9.17) is 10.00 Å². The van der Waals surface area contributed by atoms with Crippen molar-refractivity contribution < 1.29 is 9.53 Å². The molecule has 1 fully saturated rings. The predicted octanol–water partition coefficient (Wildman–Crippen LogP) is 0.0721. The van der Waals surface area contributed by atoms with Crippen molar-refractivity contribution in [3.05, 3.63) is 24.0 Å². The summed E-state index contributed by atoms with van der Waals surface area (Å²) in [6.45, 7) is 3.00. The molecule has 0 saturated carbocycles. The number of amides is 1. The third-order valence-corrected chi connectivity index (χ3v) is 3.24. The van der Waals surface area contributed by atoms with Gasteiger partial charge in [-0.05, 0) is 12.1 Å². The fraction of sp³-hybridized carbons (Fsp3) is 0.538. The van der Waals surface area contributed by atoms with Crippen LogP contribution in [0.1, 0.15) is 10.5 Å². The zero-order chi connectivity index (χ0) is 13.7. The minimum Gasteiger partial charge on any atom is -0.383 e. The van der Waals surface area contributed by atoms with Crippen LogP contribution in [0, 0.1) is 11.3 Å². The lowest BCUT2D eigenvalue weighted by atomic mass is 10.2. The van der Waals surface area contributed by atoms with Crippen LogP contribution in [0.2, 0.25) is 0 Å². The average Bonchev–Trinajstić information content (AvgIpc) is 2.92. The summed E-state index contributed by atoms with van der Waals surface area (Å²) in [4.78, 5) is 14.1. The minimum atomic E-state index is -0.396. The Morgan fingerprint density at radius 3 is 3.26 bits per heavy atom. The van der Waals surface area contributed by atoms with Crippen molar-refractivity contribution >= 4 is 5.91 Å². The molecule has 19 heavy (non-hydrogen) atoms. The molecule has 0 radical (unpaired) electrons. The smallest absolute Gasteiger partial charge is 0.271 e. The molecule has 0 aliphatic carbocycles. The van der Waals surface area contributed by atoms with Gasteiger partial charge in [0.05, 0.1) is 12.7 Å². The average molecular weight is 262 g/mol. The van der Waals surface area contributed by atoms with E-state index in [-0.39, 0.29) is 5.91 Å². The van der Waals surface area contributed by atoms with Gasteiger partial charge >= 0.3 is 0 Å². The quantitative estimate of drug-likeness (QED) is 0.833. The minimum absolute atomic E-state index is 0.0887. The first-order chi connectivity index (χ1) is 9.27. The first-order valence-corrected chi connectivity index (χ1v) is 6.33. The lowest BCUT2D eigenvalue weighted by Gasteiger charge is -2.32. The Hall–Kier alpha value is -1.84. The molecule has 1 aliphatic heterocycles. The van der Waals surface area contributed by atoms with E-state index in [1.807, 2.05) is 16.8 Å². The molecule has 2 heterocycles. The maximum atomic E-state index is 12.5. The summed E-state index contributed by atoms with van der Waals surface area (Å²) in [5.41, 5.74) is 0.610. The summed E-state index contributed by atoms with van der Waals surface area (Å²) >= 11 is 0. The van der Waals surface area contributed by atoms with Crippen LogP contribution in [-0.4, -0.2) is 54.8 Å². The van der Waals surface area contributed by atoms with Crippen LogP contribution in [0.25, 0.3) is 0 Å². The Morgan fingerprint density at radius 1 is 1.68 bits per heavy atom. The molecule has 6 nitrogen and oxygen atoms in total. The Labute approximate surface area is 112 Å². The standard InChI is InChI=1S/C13H18N4O2/c1-19-8-7-16-5-2-3-12(16)13(18)17-6-4-15-10-11(17)9-14/h2-3,5,11,15H,4,6-8,10H2,1H3. The molecule has 0 bridgehead atoms. The van der Waals surface area contributed by atoms with E-state index in [0.717, 1.165) is 6.54 Å². The van der Waals surface area contributed by atoms with Gasteiger partial charge in [0.1, 0.15) is 11.7 Å². The number of carbonyl (C=O) groups is 1. The third-order valence-electron chi connectivity index (χ3n) is 3.24. The number of aromatic nitrogens is 1. The van der Waals surface area contributed by atoms with Crippen LogP contribution < -0.4 is 5.32 Å². The van der Waals surface area contributed by atoms with Crippen molar-refractivity contribution in [3.63, 3.8) is 0 Å². The molecule has 1 aromatic heterocycles. The lowest BCUT2D eigenvalue weighted by Crippen LogP contribution is -2.53. The molecule has 1 aliphatic rings. The molecular formula is C13H18N4O2. The zero-order valence-corrected chi connectivity index (χ0v) is 11.0. The Bertz CT molecular complexity index is 477. The van der Waals surface area contributed by atoms with Crippen molar-refractivity contribution in [2.75, 3.05) is 33.4 Å². The summed E-state index contributed by atoms with van der Waals surface area (Å²) in [6, 6.07) is 5.40. The van der Waals surface area contributed by atoms with E-state index in [2.05, 4.69) is 11.4 Å². The zero-order valence-electron chi connectivity index (χ0n) is 11.0. The van der Waals surface area contributed by atoms with Gasteiger partial charge in [0.2, 0.25) is 0 Å². The monoisotopic (exact) mass is 262 g/mol. The van der Waals surface area contributed by atoms with E-state index in [0.29, 0.717) is 31.9 Å². The van der Waals surface area contributed by atoms with E-state index >= 15 is 0 Å². The SMILES string of the molecule is COCCn1cccc1C(=O)N1CCNCC1C#N. The highest BCUT2D eigenvalue weighted by molar-refractivity contribution is 5.93. The van der Waals surface area contributed by atoms with Crippen molar-refractivity contribution in [2.45, 2.75) is 12.6 Å². The molecule has 1 N–H and O–H groups in total. The fourth-order valence-corrected chi connectivity index (χ4v) is 2.20. The van der Waals surface area contributed by atoms with E-state index in [1.165, 1.54) is 0 Å². The number of carbonyl (C=O) groups excluding carboxylic acids is 1. The molecule has 2 rings (SSSR count). The maximum absolute atomic E-state index is 12.5. The number of nitrogens with zero attached hydrogens (tertiary/aromatic N) is 3. The Kier molecular flexibility index (Phi) is 4.55. The van der Waals surface area contributed by atoms with Gasteiger partial charge in [0, 0.05) is 39.5 Å². The largest absolute Gasteiger partial charge is 0.383 e. The number of nitrogens with one attached hydrogen (secondary N) is 1. The van der Waals surface area contributed by atoms with Crippen LogP contribution in [0.15, 0.2) is 18.3 Å². The molecule has 0 aromatic carbocycles. The second kappa shape index (κ2) is 6.36. The summed E-state index contributed by atoms with van der Waals surface area (Å²) in [6.07, 6.45) is 1.86. The second-order valence-corrected chi connectivity index (χ2v) is 4.43. The molecule has 1 saturated heterocycles. The first kappa shape index (κ1) is 13.6. The van der Waals surface area contributed by atoms with Gasteiger partial charge in [0.15, 0.2) is 0 Å². The van der Waals surface area contributed by atoms with Crippen LogP contribution in [0.4, 0.5) is 0 Å². The number of methoxy groups -OCH3 is 1. The van der Waals surface area contributed by atoms with Crippen LogP contribution >= 0.6 is 0 Å². The van der Waals surface area contributed by atoms with Crippen molar-refractivity contribution in [3.8, 4) is 6.07 Å². The number of hydrogen-bond acceptors (Lipinski definition) is 4. The summed E-state index contributed by atoms with van der Waals surface area (Å²) < 4.78 is 6.89. The van der Waals surface area contributed by atoms with E-state index < -0.39 is 6.04 Å². The van der Waals surface area contributed by atoms with Gasteiger partial charge in [-0.3, -0.25) is 4.79 Å². The van der Waals surface area contributed by atoms with Crippen molar-refractivity contribution in [2.24, 2.45) is 0 Å². The molecule has 0 spiro atoms. The van der Waals surface area contributed by atoms with Gasteiger partial charge in [-0.1, -0.05) is 0 Å². The number of hydrogen-bond donors (Lipinski definition) is 1. The van der Waals surface area contributed by atoms with Crippen molar-refractivity contribution in [1.82, 2.24) is 14.8 Å². The molecule has 1 atom stereocenters. The second-order valence-electron chi connectivity index (χ2n) is 4.43. The Balaban J connectivity index is 2.14. The summed E-state index contributed by atoms with van der Waals surface area (Å²) in [5.74, 6) is -0.0887. The molecule has 1 aromatic rings. The lowest BCUT2D eigenvalue weighted by molar-refractivity contribution is 0.0673. The van der Waals surface area contributed by atoms with Gasteiger partial charge in [0.25, 0.3) is 5.91 Å². The van der Waals surface area contributed by atoms with Crippen LogP contribution in [0.3, 0.4) is 0 Å². The molecular weight excluding hydrogens is 244 g/mol. The highest BCUT2D eigenvalue weighted by atomic mass is 16.5. The molecule has 102 valence electrons. The normalized spacial score (nSPS) is 19.2. The van der Waals surface area contributed by atoms with Gasteiger partial charge in [-0.15, -0.1) is 0 Å². The maximum Gasteiger partial charge on any atom is 0.271 e. The number of ether oxygens (including phenoxy) is 1. The topological polar surface area (TPSA) is 70.3 Å².